The van der Waals surface area contributed by atoms with Crippen LogP contribution in [0.5, 0.6) is 0 Å². The van der Waals surface area contributed by atoms with Crippen molar-refractivity contribution in [2.24, 2.45) is 45.3 Å². The average molecular weight is 457 g/mol. The van der Waals surface area contributed by atoms with E-state index in [1.54, 1.807) is 11.1 Å². The number of aliphatic hydroxyl groups excluding tert-OH is 1. The molecule has 5 rings (SSSR count). The molecule has 0 bridgehead atoms. The molecule has 2 saturated carbocycles. The minimum atomic E-state index is -0.597. The second-order valence-electron chi connectivity index (χ2n) is 14.0. The van der Waals surface area contributed by atoms with Gasteiger partial charge in [0.2, 0.25) is 0 Å². The maximum atomic E-state index is 12.8. The van der Waals surface area contributed by atoms with Crippen molar-refractivity contribution in [3.05, 3.63) is 11.1 Å². The smallest absolute Gasteiger partial charge is 0.157 e. The van der Waals surface area contributed by atoms with Gasteiger partial charge in [-0.25, -0.2) is 0 Å². The van der Waals surface area contributed by atoms with Crippen molar-refractivity contribution in [1.82, 2.24) is 0 Å². The summed E-state index contributed by atoms with van der Waals surface area (Å²) in [5.41, 5.74) is 4.12. The molecule has 4 aliphatic carbocycles. The van der Waals surface area contributed by atoms with Gasteiger partial charge in [0.1, 0.15) is 5.78 Å². The van der Waals surface area contributed by atoms with Gasteiger partial charge in [0.15, 0.2) is 6.29 Å². The maximum absolute atomic E-state index is 12.8. The lowest BCUT2D eigenvalue weighted by molar-refractivity contribution is -0.209. The fourth-order valence-corrected chi connectivity index (χ4v) is 9.97. The van der Waals surface area contributed by atoms with Crippen LogP contribution >= 0.6 is 0 Å². The third-order valence-electron chi connectivity index (χ3n) is 12.5. The molecule has 9 atom stereocenters. The summed E-state index contributed by atoms with van der Waals surface area (Å²) in [5, 5.41) is 10.4. The van der Waals surface area contributed by atoms with Crippen LogP contribution in [0.1, 0.15) is 113 Å². The Morgan fingerprint density at radius 3 is 2.33 bits per heavy atom. The van der Waals surface area contributed by atoms with Crippen LogP contribution in [-0.4, -0.2) is 23.3 Å². The number of allylic oxidation sites excluding steroid dienone is 2. The van der Waals surface area contributed by atoms with E-state index in [-0.39, 0.29) is 28.3 Å². The molecule has 3 fully saturated rings. The SMILES string of the molecule is CC1CCC(C(C)C2CCC3(C)C4=C(CCC23C)C2(C)CCC(=O)C(C)(C)C2CC4)OC1O. The second-order valence-corrected chi connectivity index (χ2v) is 14.0. The molecule has 186 valence electrons. The molecule has 1 saturated heterocycles. The predicted molar refractivity (Wildman–Crippen MR) is 132 cm³/mol. The van der Waals surface area contributed by atoms with Gasteiger partial charge in [-0.05, 0) is 91.8 Å². The molecule has 33 heavy (non-hydrogen) atoms. The van der Waals surface area contributed by atoms with Gasteiger partial charge in [0.05, 0.1) is 6.10 Å². The highest BCUT2D eigenvalue weighted by Gasteiger charge is 2.63. The number of rotatable bonds is 2. The van der Waals surface area contributed by atoms with Crippen LogP contribution in [0.2, 0.25) is 0 Å². The number of hydrogen-bond donors (Lipinski definition) is 1. The zero-order valence-corrected chi connectivity index (χ0v) is 22.3. The molecule has 3 heteroatoms. The monoisotopic (exact) mass is 456 g/mol. The molecule has 0 aromatic rings. The van der Waals surface area contributed by atoms with E-state index < -0.39 is 6.29 Å². The number of carbonyl (C=O) groups excluding carboxylic acids is 1. The number of ketones is 1. The van der Waals surface area contributed by atoms with E-state index in [0.29, 0.717) is 29.0 Å². The molecule has 0 aromatic heterocycles. The molecule has 0 radical (unpaired) electrons. The van der Waals surface area contributed by atoms with Crippen molar-refractivity contribution >= 4 is 5.78 Å². The van der Waals surface area contributed by atoms with Gasteiger partial charge in [0, 0.05) is 17.8 Å². The Labute approximate surface area is 202 Å². The summed E-state index contributed by atoms with van der Waals surface area (Å²) in [6, 6.07) is 0. The van der Waals surface area contributed by atoms with Crippen LogP contribution < -0.4 is 0 Å². The quantitative estimate of drug-likeness (QED) is 0.452. The highest BCUT2D eigenvalue weighted by molar-refractivity contribution is 5.85. The Balaban J connectivity index is 1.46. The van der Waals surface area contributed by atoms with Crippen molar-refractivity contribution in [1.29, 1.82) is 0 Å². The first-order valence-corrected chi connectivity index (χ1v) is 14.0. The number of ether oxygens (including phenoxy) is 1. The molecule has 1 N–H and O–H groups in total. The fourth-order valence-electron chi connectivity index (χ4n) is 9.97. The van der Waals surface area contributed by atoms with E-state index in [2.05, 4.69) is 48.5 Å². The van der Waals surface area contributed by atoms with Crippen LogP contribution in [0.25, 0.3) is 0 Å². The summed E-state index contributed by atoms with van der Waals surface area (Å²) < 4.78 is 6.17. The predicted octanol–water partition coefficient (Wildman–Crippen LogP) is 7.07. The molecular formula is C30H48O3. The Morgan fingerprint density at radius 2 is 1.64 bits per heavy atom. The Bertz CT molecular complexity index is 857. The number of carbonyl (C=O) groups is 1. The van der Waals surface area contributed by atoms with Crippen molar-refractivity contribution in [3.8, 4) is 0 Å². The van der Waals surface area contributed by atoms with Crippen molar-refractivity contribution < 1.29 is 14.6 Å². The van der Waals surface area contributed by atoms with E-state index in [1.165, 1.54) is 38.5 Å². The number of aliphatic hydroxyl groups is 1. The largest absolute Gasteiger partial charge is 0.368 e. The van der Waals surface area contributed by atoms with Gasteiger partial charge >= 0.3 is 0 Å². The van der Waals surface area contributed by atoms with Gasteiger partial charge in [0.25, 0.3) is 0 Å². The normalized spacial score (nSPS) is 50.4. The van der Waals surface area contributed by atoms with Crippen molar-refractivity contribution in [3.63, 3.8) is 0 Å². The third kappa shape index (κ3) is 3.16. The van der Waals surface area contributed by atoms with Gasteiger partial charge in [-0.2, -0.15) is 0 Å². The van der Waals surface area contributed by atoms with Crippen LogP contribution in [-0.2, 0) is 9.53 Å². The van der Waals surface area contributed by atoms with Gasteiger partial charge < -0.3 is 9.84 Å². The zero-order chi connectivity index (χ0) is 24.0. The molecule has 5 aliphatic rings. The Hall–Kier alpha value is -0.670. The minimum absolute atomic E-state index is 0.184. The molecule has 0 spiro atoms. The van der Waals surface area contributed by atoms with E-state index in [0.717, 1.165) is 25.7 Å². The standard InChI is InChI=1S/C30H48O3/c1-18-8-10-23(33-26(18)32)19(2)20-12-16-30(7)22-9-11-24-27(3,4)25(31)14-15-28(24,5)21(22)13-17-29(20,30)6/h18-20,23-24,26,32H,8-17H2,1-7H3. The third-order valence-corrected chi connectivity index (χ3v) is 12.5. The van der Waals surface area contributed by atoms with E-state index in [1.807, 2.05) is 0 Å². The first-order valence-electron chi connectivity index (χ1n) is 14.0. The molecule has 9 unspecified atom stereocenters. The molecule has 0 amide bonds. The second kappa shape index (κ2) is 7.66. The minimum Gasteiger partial charge on any atom is -0.368 e. The Kier molecular flexibility index (Phi) is 5.58. The Morgan fingerprint density at radius 1 is 0.909 bits per heavy atom. The van der Waals surface area contributed by atoms with Gasteiger partial charge in [-0.3, -0.25) is 4.79 Å². The molecule has 1 aliphatic heterocycles. The summed E-state index contributed by atoms with van der Waals surface area (Å²) in [6.45, 7) is 16.7. The average Bonchev–Trinajstić information content (AvgIpc) is 3.04. The van der Waals surface area contributed by atoms with Crippen molar-refractivity contribution in [2.45, 2.75) is 125 Å². The van der Waals surface area contributed by atoms with Crippen LogP contribution in [0, 0.1) is 45.3 Å². The maximum Gasteiger partial charge on any atom is 0.157 e. The fraction of sp³-hybridized carbons (Fsp3) is 0.900. The number of hydrogen-bond acceptors (Lipinski definition) is 3. The highest BCUT2D eigenvalue weighted by Crippen LogP contribution is 2.72. The molecular weight excluding hydrogens is 408 g/mol. The molecule has 0 aromatic carbocycles. The number of Topliss-reactive ketones (excluding diaryl/α,β-unsaturated/α-hetero) is 1. The van der Waals surface area contributed by atoms with E-state index in [9.17, 15) is 9.90 Å². The summed E-state index contributed by atoms with van der Waals surface area (Å²) in [6.07, 6.45) is 11.0. The van der Waals surface area contributed by atoms with E-state index >= 15 is 0 Å². The summed E-state index contributed by atoms with van der Waals surface area (Å²) in [7, 11) is 0. The topological polar surface area (TPSA) is 46.5 Å². The van der Waals surface area contributed by atoms with Gasteiger partial charge in [-0.1, -0.05) is 59.6 Å². The first kappa shape index (κ1) is 24.0. The lowest BCUT2D eigenvalue weighted by atomic mass is 9.43. The summed E-state index contributed by atoms with van der Waals surface area (Å²) >= 11 is 0. The van der Waals surface area contributed by atoms with E-state index in [4.69, 9.17) is 4.74 Å². The lowest BCUT2D eigenvalue weighted by Gasteiger charge is -2.61. The van der Waals surface area contributed by atoms with Crippen molar-refractivity contribution in [2.75, 3.05) is 0 Å². The highest BCUT2D eigenvalue weighted by atomic mass is 16.6. The molecule has 1 heterocycles. The molecule has 3 nitrogen and oxygen atoms in total. The van der Waals surface area contributed by atoms with Crippen LogP contribution in [0.3, 0.4) is 0 Å². The summed E-state index contributed by atoms with van der Waals surface area (Å²) in [5.74, 6) is 2.37. The van der Waals surface area contributed by atoms with Crippen LogP contribution in [0.15, 0.2) is 11.1 Å². The lowest BCUT2D eigenvalue weighted by Crippen LogP contribution is -2.54. The summed E-state index contributed by atoms with van der Waals surface area (Å²) in [4.78, 5) is 12.8. The van der Waals surface area contributed by atoms with Crippen LogP contribution in [0.4, 0.5) is 0 Å². The zero-order valence-electron chi connectivity index (χ0n) is 22.3. The number of fused-ring (bicyclic) bond motifs is 4. The first-order chi connectivity index (χ1) is 15.4. The van der Waals surface area contributed by atoms with Gasteiger partial charge in [-0.15, -0.1) is 0 Å².